The number of rotatable bonds is 2. The van der Waals surface area contributed by atoms with Crippen LogP contribution in [0, 0.1) is 19.8 Å². The standard InChI is InChI=1S/C12H17N/c1-8(2)10(4)12-11(5)9(3)6-7-13-12/h6-8H,4H2,1-3,5H3. The average molecular weight is 175 g/mol. The Labute approximate surface area is 80.5 Å². The van der Waals surface area contributed by atoms with Gasteiger partial charge in [-0.05, 0) is 42.5 Å². The lowest BCUT2D eigenvalue weighted by molar-refractivity contribution is 0.848. The zero-order valence-electron chi connectivity index (χ0n) is 8.89. The number of hydrogen-bond acceptors (Lipinski definition) is 1. The van der Waals surface area contributed by atoms with E-state index >= 15 is 0 Å². The molecule has 1 aromatic rings. The number of pyridine rings is 1. The van der Waals surface area contributed by atoms with Crippen LogP contribution in [-0.2, 0) is 0 Å². The average Bonchev–Trinajstić information content (AvgIpc) is 2.08. The molecule has 0 aliphatic heterocycles. The smallest absolute Gasteiger partial charge is 0.0690 e. The van der Waals surface area contributed by atoms with Crippen LogP contribution in [0.4, 0.5) is 0 Å². The zero-order valence-corrected chi connectivity index (χ0v) is 8.89. The third-order valence-electron chi connectivity index (χ3n) is 2.48. The van der Waals surface area contributed by atoms with E-state index in [1.165, 1.54) is 11.1 Å². The van der Waals surface area contributed by atoms with Gasteiger partial charge in [0.25, 0.3) is 0 Å². The van der Waals surface area contributed by atoms with E-state index in [2.05, 4.69) is 39.3 Å². The number of aromatic nitrogens is 1. The van der Waals surface area contributed by atoms with Crippen LogP contribution in [-0.4, -0.2) is 4.98 Å². The summed E-state index contributed by atoms with van der Waals surface area (Å²) in [5, 5.41) is 0. The lowest BCUT2D eigenvalue weighted by atomic mass is 9.96. The molecule has 1 rings (SSSR count). The molecule has 0 aromatic carbocycles. The third-order valence-corrected chi connectivity index (χ3v) is 2.48. The van der Waals surface area contributed by atoms with Crippen LogP contribution in [0.2, 0.25) is 0 Å². The summed E-state index contributed by atoms with van der Waals surface area (Å²) in [7, 11) is 0. The Morgan fingerprint density at radius 2 is 2.00 bits per heavy atom. The molecule has 0 amide bonds. The van der Waals surface area contributed by atoms with Gasteiger partial charge in [-0.1, -0.05) is 20.4 Å². The predicted octanol–water partition coefficient (Wildman–Crippen LogP) is 3.37. The van der Waals surface area contributed by atoms with Gasteiger partial charge < -0.3 is 0 Å². The van der Waals surface area contributed by atoms with E-state index in [0.29, 0.717) is 5.92 Å². The molecule has 13 heavy (non-hydrogen) atoms. The van der Waals surface area contributed by atoms with Crippen molar-refractivity contribution in [2.45, 2.75) is 27.7 Å². The number of aryl methyl sites for hydroxylation is 1. The van der Waals surface area contributed by atoms with E-state index in [-0.39, 0.29) is 0 Å². The molecule has 0 saturated heterocycles. The van der Waals surface area contributed by atoms with Gasteiger partial charge in [0.1, 0.15) is 0 Å². The van der Waals surface area contributed by atoms with Gasteiger partial charge in [-0.15, -0.1) is 0 Å². The minimum Gasteiger partial charge on any atom is -0.256 e. The molecular weight excluding hydrogens is 158 g/mol. The van der Waals surface area contributed by atoms with E-state index in [1.807, 2.05) is 12.3 Å². The van der Waals surface area contributed by atoms with Crippen LogP contribution in [0.5, 0.6) is 0 Å². The van der Waals surface area contributed by atoms with Crippen LogP contribution < -0.4 is 0 Å². The van der Waals surface area contributed by atoms with Crippen molar-refractivity contribution in [1.29, 1.82) is 0 Å². The maximum Gasteiger partial charge on any atom is 0.0690 e. The molecule has 0 bridgehead atoms. The first kappa shape index (κ1) is 9.97. The molecular formula is C12H17N. The Morgan fingerprint density at radius 3 is 2.54 bits per heavy atom. The summed E-state index contributed by atoms with van der Waals surface area (Å²) in [5.41, 5.74) is 4.73. The summed E-state index contributed by atoms with van der Waals surface area (Å²) in [6.45, 7) is 12.6. The van der Waals surface area contributed by atoms with Crippen molar-refractivity contribution < 1.29 is 0 Å². The van der Waals surface area contributed by atoms with Gasteiger partial charge in [0, 0.05) is 6.20 Å². The third kappa shape index (κ3) is 1.97. The van der Waals surface area contributed by atoms with Crippen molar-refractivity contribution in [2.75, 3.05) is 0 Å². The number of nitrogens with zero attached hydrogens (tertiary/aromatic N) is 1. The lowest BCUT2D eigenvalue weighted by Gasteiger charge is -2.12. The van der Waals surface area contributed by atoms with E-state index < -0.39 is 0 Å². The van der Waals surface area contributed by atoms with E-state index in [4.69, 9.17) is 0 Å². The molecule has 0 saturated carbocycles. The Bertz CT molecular complexity index is 324. The summed E-state index contributed by atoms with van der Waals surface area (Å²) in [6, 6.07) is 2.03. The van der Waals surface area contributed by atoms with Gasteiger partial charge in [-0.2, -0.15) is 0 Å². The van der Waals surface area contributed by atoms with Gasteiger partial charge in [0.05, 0.1) is 5.69 Å². The monoisotopic (exact) mass is 175 g/mol. The van der Waals surface area contributed by atoms with Gasteiger partial charge >= 0.3 is 0 Å². The van der Waals surface area contributed by atoms with Crippen molar-refractivity contribution in [3.05, 3.63) is 35.7 Å². The lowest BCUT2D eigenvalue weighted by Crippen LogP contribution is -1.99. The highest BCUT2D eigenvalue weighted by atomic mass is 14.7. The first-order valence-corrected chi connectivity index (χ1v) is 4.65. The molecule has 1 nitrogen and oxygen atoms in total. The number of hydrogen-bond donors (Lipinski definition) is 0. The van der Waals surface area contributed by atoms with Crippen molar-refractivity contribution in [1.82, 2.24) is 4.98 Å². The van der Waals surface area contributed by atoms with Crippen LogP contribution in [0.15, 0.2) is 18.8 Å². The van der Waals surface area contributed by atoms with Gasteiger partial charge in [0.2, 0.25) is 0 Å². The quantitative estimate of drug-likeness (QED) is 0.671. The molecule has 0 fully saturated rings. The molecule has 1 aromatic heterocycles. The molecule has 0 unspecified atom stereocenters. The fourth-order valence-electron chi connectivity index (χ4n) is 1.23. The molecule has 0 atom stereocenters. The molecule has 1 heteroatoms. The normalized spacial score (nSPS) is 10.5. The van der Waals surface area contributed by atoms with Gasteiger partial charge in [0.15, 0.2) is 0 Å². The summed E-state index contributed by atoms with van der Waals surface area (Å²) in [4.78, 5) is 4.36. The fraction of sp³-hybridized carbons (Fsp3) is 0.417. The molecule has 70 valence electrons. The van der Waals surface area contributed by atoms with Crippen molar-refractivity contribution in [3.63, 3.8) is 0 Å². The second-order valence-electron chi connectivity index (χ2n) is 3.78. The summed E-state index contributed by atoms with van der Waals surface area (Å²) >= 11 is 0. The zero-order chi connectivity index (χ0) is 10.0. The Hall–Kier alpha value is -1.11. The molecule has 0 aliphatic carbocycles. The summed E-state index contributed by atoms with van der Waals surface area (Å²) in [5.74, 6) is 0.466. The van der Waals surface area contributed by atoms with E-state index in [1.54, 1.807) is 0 Å². The maximum absolute atomic E-state index is 4.36. The summed E-state index contributed by atoms with van der Waals surface area (Å²) in [6.07, 6.45) is 1.85. The minimum absolute atomic E-state index is 0.466. The second kappa shape index (κ2) is 3.73. The second-order valence-corrected chi connectivity index (χ2v) is 3.78. The molecule has 0 spiro atoms. The molecule has 1 heterocycles. The predicted molar refractivity (Wildman–Crippen MR) is 57.6 cm³/mol. The largest absolute Gasteiger partial charge is 0.256 e. The maximum atomic E-state index is 4.36. The summed E-state index contributed by atoms with van der Waals surface area (Å²) < 4.78 is 0. The topological polar surface area (TPSA) is 12.9 Å². The minimum atomic E-state index is 0.466. The van der Waals surface area contributed by atoms with Gasteiger partial charge in [-0.3, -0.25) is 4.98 Å². The fourth-order valence-corrected chi connectivity index (χ4v) is 1.23. The van der Waals surface area contributed by atoms with Crippen LogP contribution in [0.3, 0.4) is 0 Å². The van der Waals surface area contributed by atoms with E-state index in [0.717, 1.165) is 11.3 Å². The highest BCUT2D eigenvalue weighted by molar-refractivity contribution is 5.64. The van der Waals surface area contributed by atoms with Crippen LogP contribution in [0.25, 0.3) is 5.57 Å². The Kier molecular flexibility index (Phi) is 2.86. The van der Waals surface area contributed by atoms with Crippen LogP contribution >= 0.6 is 0 Å². The SMILES string of the molecule is C=C(c1nccc(C)c1C)C(C)C. The van der Waals surface area contributed by atoms with Crippen molar-refractivity contribution in [3.8, 4) is 0 Å². The first-order chi connectivity index (χ1) is 6.04. The molecule has 0 aliphatic rings. The van der Waals surface area contributed by atoms with Gasteiger partial charge in [-0.25, -0.2) is 0 Å². The molecule has 0 N–H and O–H groups in total. The van der Waals surface area contributed by atoms with Crippen LogP contribution in [0.1, 0.15) is 30.7 Å². The van der Waals surface area contributed by atoms with Crippen molar-refractivity contribution >= 4 is 5.57 Å². The number of allylic oxidation sites excluding steroid dienone is 1. The molecule has 0 radical (unpaired) electrons. The van der Waals surface area contributed by atoms with Crippen molar-refractivity contribution in [2.24, 2.45) is 5.92 Å². The Morgan fingerprint density at radius 1 is 1.38 bits per heavy atom. The highest BCUT2D eigenvalue weighted by Crippen LogP contribution is 2.23. The first-order valence-electron chi connectivity index (χ1n) is 4.65. The Balaban J connectivity index is 3.15. The highest BCUT2D eigenvalue weighted by Gasteiger charge is 2.08. The van der Waals surface area contributed by atoms with E-state index in [9.17, 15) is 0 Å².